The summed E-state index contributed by atoms with van der Waals surface area (Å²) in [5.74, 6) is -0.406. The fraction of sp³-hybridized carbons (Fsp3) is 0.100. The first kappa shape index (κ1) is 19.0. The lowest BCUT2D eigenvalue weighted by molar-refractivity contribution is -0.139. The van der Waals surface area contributed by atoms with Crippen LogP contribution >= 0.6 is 15.9 Å². The summed E-state index contributed by atoms with van der Waals surface area (Å²) in [5.41, 5.74) is 0.682. The zero-order valence-corrected chi connectivity index (χ0v) is 16.8. The van der Waals surface area contributed by atoms with Crippen LogP contribution in [-0.4, -0.2) is 25.1 Å². The van der Waals surface area contributed by atoms with Crippen molar-refractivity contribution in [3.8, 4) is 0 Å². The summed E-state index contributed by atoms with van der Waals surface area (Å²) < 4.78 is 22.7. The monoisotopic (exact) mass is 456 g/mol. The van der Waals surface area contributed by atoms with E-state index in [9.17, 15) is 14.0 Å². The first-order valence-electron chi connectivity index (χ1n) is 8.57. The van der Waals surface area contributed by atoms with Crippen LogP contribution in [0.1, 0.15) is 11.4 Å². The van der Waals surface area contributed by atoms with Crippen LogP contribution in [0.25, 0.3) is 22.8 Å². The smallest absolute Gasteiger partial charge is 0.331 e. The zero-order valence-electron chi connectivity index (χ0n) is 15.2. The molecule has 0 bridgehead atoms. The van der Waals surface area contributed by atoms with Gasteiger partial charge in [-0.3, -0.25) is 13.8 Å². The van der Waals surface area contributed by atoms with E-state index in [1.807, 2.05) is 0 Å². The number of hydrogen-bond acceptors (Lipinski definition) is 5. The molecular weight excluding hydrogens is 443 g/mol. The molecule has 29 heavy (non-hydrogen) atoms. The van der Waals surface area contributed by atoms with Gasteiger partial charge >= 0.3 is 5.97 Å². The van der Waals surface area contributed by atoms with E-state index in [-0.39, 0.29) is 17.7 Å². The van der Waals surface area contributed by atoms with Crippen molar-refractivity contribution in [1.29, 1.82) is 0 Å². The SMILES string of the molecule is Cn1c(=O)c2ccccc2n2c(COC(=O)/C=C/c3cc(Br)ccc3F)nnc12. The summed E-state index contributed by atoms with van der Waals surface area (Å²) in [6, 6.07) is 11.5. The van der Waals surface area contributed by atoms with Crippen molar-refractivity contribution in [2.45, 2.75) is 6.61 Å². The van der Waals surface area contributed by atoms with Gasteiger partial charge in [-0.15, -0.1) is 10.2 Å². The van der Waals surface area contributed by atoms with Gasteiger partial charge in [0.2, 0.25) is 5.78 Å². The summed E-state index contributed by atoms with van der Waals surface area (Å²) >= 11 is 3.25. The minimum Gasteiger partial charge on any atom is -0.454 e. The molecule has 2 aromatic heterocycles. The van der Waals surface area contributed by atoms with Crippen LogP contribution in [0, 0.1) is 5.82 Å². The van der Waals surface area contributed by atoms with Crippen LogP contribution in [0.4, 0.5) is 4.39 Å². The summed E-state index contributed by atoms with van der Waals surface area (Å²) in [6.07, 6.45) is 2.48. The van der Waals surface area contributed by atoms with E-state index in [0.29, 0.717) is 27.0 Å². The molecule has 4 aromatic rings. The number of aromatic nitrogens is 4. The Bertz CT molecular complexity index is 1340. The van der Waals surface area contributed by atoms with Crippen molar-refractivity contribution in [3.05, 3.63) is 80.6 Å². The molecule has 0 spiro atoms. The first-order valence-corrected chi connectivity index (χ1v) is 9.36. The van der Waals surface area contributed by atoms with E-state index in [1.165, 1.54) is 16.7 Å². The number of carbonyl (C=O) groups is 1. The molecule has 9 heteroatoms. The molecular formula is C20H14BrFN4O3. The Kier molecular flexibility index (Phi) is 4.98. The maximum absolute atomic E-state index is 13.7. The second-order valence-corrected chi connectivity index (χ2v) is 7.16. The molecule has 0 saturated heterocycles. The molecule has 4 rings (SSSR count). The van der Waals surface area contributed by atoms with Gasteiger partial charge in [0.05, 0.1) is 10.9 Å². The predicted molar refractivity (Wildman–Crippen MR) is 109 cm³/mol. The van der Waals surface area contributed by atoms with Gasteiger partial charge in [-0.05, 0) is 36.4 Å². The predicted octanol–water partition coefficient (Wildman–Crippen LogP) is 3.24. The highest BCUT2D eigenvalue weighted by molar-refractivity contribution is 9.10. The Balaban J connectivity index is 1.60. The van der Waals surface area contributed by atoms with E-state index < -0.39 is 11.8 Å². The molecule has 0 fully saturated rings. The Morgan fingerprint density at radius 2 is 2.03 bits per heavy atom. The number of nitrogens with zero attached hydrogens (tertiary/aromatic N) is 4. The number of ether oxygens (including phenoxy) is 1. The summed E-state index contributed by atoms with van der Waals surface area (Å²) in [7, 11) is 1.60. The molecule has 0 atom stereocenters. The topological polar surface area (TPSA) is 78.5 Å². The lowest BCUT2D eigenvalue weighted by Crippen LogP contribution is -2.20. The lowest BCUT2D eigenvalue weighted by atomic mass is 10.2. The minimum absolute atomic E-state index is 0.159. The molecule has 0 N–H and O–H groups in total. The maximum atomic E-state index is 13.7. The number of para-hydroxylation sites is 1. The van der Waals surface area contributed by atoms with Gasteiger partial charge in [-0.25, -0.2) is 9.18 Å². The van der Waals surface area contributed by atoms with E-state index >= 15 is 0 Å². The van der Waals surface area contributed by atoms with Gasteiger partial charge in [0.1, 0.15) is 5.82 Å². The van der Waals surface area contributed by atoms with Gasteiger partial charge < -0.3 is 4.74 Å². The third-order valence-electron chi connectivity index (χ3n) is 4.39. The van der Waals surface area contributed by atoms with Crippen molar-refractivity contribution in [2.24, 2.45) is 7.05 Å². The van der Waals surface area contributed by atoms with Crippen LogP contribution < -0.4 is 5.56 Å². The fourth-order valence-corrected chi connectivity index (χ4v) is 3.35. The quantitative estimate of drug-likeness (QED) is 0.348. The number of carbonyl (C=O) groups excluding carboxylic acids is 1. The van der Waals surface area contributed by atoms with E-state index in [4.69, 9.17) is 4.74 Å². The number of halogens is 2. The Labute approximate surface area is 172 Å². The maximum Gasteiger partial charge on any atom is 0.331 e. The Morgan fingerprint density at radius 1 is 1.24 bits per heavy atom. The molecule has 0 aliphatic heterocycles. The molecule has 2 heterocycles. The highest BCUT2D eigenvalue weighted by atomic mass is 79.9. The molecule has 0 amide bonds. The number of aryl methyl sites for hydroxylation is 1. The van der Waals surface area contributed by atoms with Crippen LogP contribution in [-0.2, 0) is 23.2 Å². The first-order chi connectivity index (χ1) is 14.0. The van der Waals surface area contributed by atoms with Crippen molar-refractivity contribution in [3.63, 3.8) is 0 Å². The standard InChI is InChI=1S/C20H14BrFN4O3/c1-25-19(28)14-4-2-3-5-16(14)26-17(23-24-20(25)26)11-29-18(27)9-6-12-10-13(21)7-8-15(12)22/h2-10H,11H2,1H3/b9-6+. The largest absolute Gasteiger partial charge is 0.454 e. The van der Waals surface area contributed by atoms with Crippen LogP contribution in [0.15, 0.2) is 57.8 Å². The normalized spacial score (nSPS) is 11.6. The molecule has 0 unspecified atom stereocenters. The van der Waals surface area contributed by atoms with Crippen molar-refractivity contribution >= 4 is 44.7 Å². The summed E-state index contributed by atoms with van der Waals surface area (Å²) in [4.78, 5) is 24.5. The van der Waals surface area contributed by atoms with Gasteiger partial charge in [0.25, 0.3) is 5.56 Å². The lowest BCUT2D eigenvalue weighted by Gasteiger charge is -2.07. The average molecular weight is 457 g/mol. The molecule has 0 aliphatic rings. The summed E-state index contributed by atoms with van der Waals surface area (Å²) in [5, 5.41) is 8.58. The van der Waals surface area contributed by atoms with Gasteiger partial charge in [-0.1, -0.05) is 28.1 Å². The third kappa shape index (κ3) is 3.56. The minimum atomic E-state index is -0.657. The number of benzene rings is 2. The van der Waals surface area contributed by atoms with Gasteiger partial charge in [0, 0.05) is 23.2 Å². The van der Waals surface area contributed by atoms with E-state index in [1.54, 1.807) is 47.8 Å². The molecule has 2 aromatic carbocycles. The zero-order chi connectivity index (χ0) is 20.5. The number of hydrogen-bond donors (Lipinski definition) is 0. The molecule has 0 aliphatic carbocycles. The van der Waals surface area contributed by atoms with Crippen LogP contribution in [0.5, 0.6) is 0 Å². The molecule has 146 valence electrons. The summed E-state index contributed by atoms with van der Waals surface area (Å²) in [6.45, 7) is -0.159. The van der Waals surface area contributed by atoms with Crippen molar-refractivity contribution in [2.75, 3.05) is 0 Å². The van der Waals surface area contributed by atoms with E-state index in [0.717, 1.165) is 6.08 Å². The van der Waals surface area contributed by atoms with Gasteiger partial charge in [-0.2, -0.15) is 0 Å². The van der Waals surface area contributed by atoms with Crippen LogP contribution in [0.2, 0.25) is 0 Å². The molecule has 0 radical (unpaired) electrons. The van der Waals surface area contributed by atoms with Crippen molar-refractivity contribution < 1.29 is 13.9 Å². The van der Waals surface area contributed by atoms with Gasteiger partial charge in [0.15, 0.2) is 12.4 Å². The average Bonchev–Trinajstić information content (AvgIpc) is 3.15. The number of rotatable bonds is 4. The number of fused-ring (bicyclic) bond motifs is 3. The third-order valence-corrected chi connectivity index (χ3v) is 4.89. The Hall–Kier alpha value is -3.33. The molecule has 7 nitrogen and oxygen atoms in total. The molecule has 0 saturated carbocycles. The highest BCUT2D eigenvalue weighted by Gasteiger charge is 2.15. The second kappa shape index (κ2) is 7.59. The van der Waals surface area contributed by atoms with E-state index in [2.05, 4.69) is 26.1 Å². The second-order valence-electron chi connectivity index (χ2n) is 6.24. The fourth-order valence-electron chi connectivity index (χ4n) is 2.97. The number of esters is 1. The highest BCUT2D eigenvalue weighted by Crippen LogP contribution is 2.17. The van der Waals surface area contributed by atoms with Crippen LogP contribution in [0.3, 0.4) is 0 Å². The van der Waals surface area contributed by atoms with Crippen molar-refractivity contribution in [1.82, 2.24) is 19.2 Å². The Morgan fingerprint density at radius 3 is 2.86 bits per heavy atom.